The number of nitrogens with zero attached hydrogens (tertiary/aromatic N) is 2. The van der Waals surface area contributed by atoms with Crippen molar-refractivity contribution in [2.75, 3.05) is 18.4 Å². The van der Waals surface area contributed by atoms with E-state index in [4.69, 9.17) is 4.74 Å². The molecular formula is C18H31N3O4S. The quantitative estimate of drug-likeness (QED) is 0.710. The molecule has 2 N–H and O–H groups in total. The number of hydrogen-bond donors (Lipinski definition) is 2. The summed E-state index contributed by atoms with van der Waals surface area (Å²) in [6.45, 7) is 11.7. The number of aliphatic hydroxyl groups excluding tert-OH is 1. The van der Waals surface area contributed by atoms with Crippen molar-refractivity contribution in [2.45, 2.75) is 66.1 Å². The lowest BCUT2D eigenvalue weighted by Gasteiger charge is -2.28. The molecule has 2 amide bonds. The molecule has 1 atom stereocenters. The fraction of sp³-hybridized carbons (Fsp3) is 0.722. The first-order valence-electron chi connectivity index (χ1n) is 8.95. The van der Waals surface area contributed by atoms with E-state index in [-0.39, 0.29) is 18.4 Å². The minimum Gasteiger partial charge on any atom is -0.444 e. The molecular weight excluding hydrogens is 354 g/mol. The molecule has 0 aromatic carbocycles. The van der Waals surface area contributed by atoms with E-state index in [2.05, 4.69) is 10.3 Å². The molecule has 1 rings (SSSR count). The molecule has 0 saturated heterocycles. The topological polar surface area (TPSA) is 91.8 Å². The van der Waals surface area contributed by atoms with E-state index >= 15 is 0 Å². The summed E-state index contributed by atoms with van der Waals surface area (Å²) in [5.41, 5.74) is -0.166. The lowest BCUT2D eigenvalue weighted by atomic mass is 10.2. The standard InChI is InChI=1S/C18H31N3O4S/c1-7-8-9-21(17(24)25-18(4,5)6)10-14(22)13-11-26-16(19-13)20-15(23)12(2)3/h11-12,14,22H,7-10H2,1-6H3,(H,19,20,23). The van der Waals surface area contributed by atoms with Gasteiger partial charge >= 0.3 is 6.09 Å². The fourth-order valence-electron chi connectivity index (χ4n) is 1.98. The number of nitrogens with one attached hydrogen (secondary N) is 1. The minimum absolute atomic E-state index is 0.0935. The molecule has 0 aliphatic carbocycles. The Balaban J connectivity index is 2.76. The number of carbonyl (C=O) groups excluding carboxylic acids is 2. The molecule has 1 heterocycles. The number of amides is 2. The highest BCUT2D eigenvalue weighted by Crippen LogP contribution is 2.23. The maximum atomic E-state index is 12.4. The van der Waals surface area contributed by atoms with Gasteiger partial charge in [-0.2, -0.15) is 0 Å². The Morgan fingerprint density at radius 2 is 2.04 bits per heavy atom. The van der Waals surface area contributed by atoms with Gasteiger partial charge in [-0.05, 0) is 27.2 Å². The highest BCUT2D eigenvalue weighted by Gasteiger charge is 2.25. The maximum Gasteiger partial charge on any atom is 0.410 e. The van der Waals surface area contributed by atoms with Gasteiger partial charge in [-0.15, -0.1) is 11.3 Å². The summed E-state index contributed by atoms with van der Waals surface area (Å²) in [5.74, 6) is -0.275. The summed E-state index contributed by atoms with van der Waals surface area (Å²) < 4.78 is 5.42. The van der Waals surface area contributed by atoms with E-state index in [1.807, 2.05) is 27.7 Å². The van der Waals surface area contributed by atoms with Crippen molar-refractivity contribution in [1.29, 1.82) is 0 Å². The number of aliphatic hydroxyl groups is 1. The van der Waals surface area contributed by atoms with Crippen LogP contribution in [0.15, 0.2) is 5.38 Å². The summed E-state index contributed by atoms with van der Waals surface area (Å²) in [6, 6.07) is 0. The van der Waals surface area contributed by atoms with Crippen molar-refractivity contribution >= 4 is 28.5 Å². The number of rotatable bonds is 8. The molecule has 8 heteroatoms. The molecule has 148 valence electrons. The summed E-state index contributed by atoms with van der Waals surface area (Å²) in [4.78, 5) is 29.9. The summed E-state index contributed by atoms with van der Waals surface area (Å²) >= 11 is 1.25. The van der Waals surface area contributed by atoms with E-state index < -0.39 is 17.8 Å². The number of ether oxygens (including phenoxy) is 1. The van der Waals surface area contributed by atoms with E-state index in [1.54, 1.807) is 19.2 Å². The molecule has 1 aromatic heterocycles. The second-order valence-corrected chi connectivity index (χ2v) is 8.38. The third kappa shape index (κ3) is 7.70. The molecule has 7 nitrogen and oxygen atoms in total. The molecule has 26 heavy (non-hydrogen) atoms. The van der Waals surface area contributed by atoms with Gasteiger partial charge in [-0.3, -0.25) is 4.79 Å². The van der Waals surface area contributed by atoms with Crippen LogP contribution in [0.3, 0.4) is 0 Å². The second kappa shape index (κ2) is 9.87. The zero-order chi connectivity index (χ0) is 19.9. The van der Waals surface area contributed by atoms with Crippen LogP contribution < -0.4 is 5.32 Å². The van der Waals surface area contributed by atoms with Gasteiger partial charge in [0.15, 0.2) is 5.13 Å². The summed E-state index contributed by atoms with van der Waals surface area (Å²) in [6.07, 6.45) is 0.352. The third-order valence-corrected chi connectivity index (χ3v) is 4.22. The van der Waals surface area contributed by atoms with E-state index in [0.717, 1.165) is 12.8 Å². The molecule has 0 fully saturated rings. The van der Waals surface area contributed by atoms with Gasteiger partial charge in [0.05, 0.1) is 12.2 Å². The Bertz CT molecular complexity index is 596. The van der Waals surface area contributed by atoms with Crippen LogP contribution in [0.25, 0.3) is 0 Å². The summed E-state index contributed by atoms with van der Waals surface area (Å²) in [7, 11) is 0. The lowest BCUT2D eigenvalue weighted by molar-refractivity contribution is -0.118. The monoisotopic (exact) mass is 385 g/mol. The number of carbonyl (C=O) groups is 2. The Morgan fingerprint density at radius 1 is 1.38 bits per heavy atom. The van der Waals surface area contributed by atoms with Crippen LogP contribution in [0.5, 0.6) is 0 Å². The number of unbranched alkanes of at least 4 members (excludes halogenated alkanes) is 1. The normalized spacial score (nSPS) is 12.8. The first-order valence-corrected chi connectivity index (χ1v) is 9.83. The highest BCUT2D eigenvalue weighted by molar-refractivity contribution is 7.13. The van der Waals surface area contributed by atoms with Crippen molar-refractivity contribution in [2.24, 2.45) is 5.92 Å². The average Bonchev–Trinajstić information content (AvgIpc) is 2.97. The molecule has 0 spiro atoms. The van der Waals surface area contributed by atoms with Crippen LogP contribution in [0, 0.1) is 5.92 Å². The van der Waals surface area contributed by atoms with Gasteiger partial charge in [0.1, 0.15) is 11.7 Å². The van der Waals surface area contributed by atoms with Crippen molar-refractivity contribution in [1.82, 2.24) is 9.88 Å². The SMILES string of the molecule is CCCCN(CC(O)c1csc(NC(=O)C(C)C)n1)C(=O)OC(C)(C)C. The Kier molecular flexibility index (Phi) is 8.49. The first kappa shape index (κ1) is 22.4. The highest BCUT2D eigenvalue weighted by atomic mass is 32.1. The van der Waals surface area contributed by atoms with Crippen molar-refractivity contribution < 1.29 is 19.4 Å². The van der Waals surface area contributed by atoms with Crippen molar-refractivity contribution in [3.63, 3.8) is 0 Å². The van der Waals surface area contributed by atoms with Crippen LogP contribution >= 0.6 is 11.3 Å². The smallest absolute Gasteiger partial charge is 0.410 e. The van der Waals surface area contributed by atoms with Crippen LogP contribution in [0.1, 0.15) is 66.2 Å². The first-order chi connectivity index (χ1) is 12.0. The number of hydrogen-bond acceptors (Lipinski definition) is 6. The van der Waals surface area contributed by atoms with Gasteiger partial charge < -0.3 is 20.1 Å². The van der Waals surface area contributed by atoms with Crippen LogP contribution in [0.2, 0.25) is 0 Å². The Labute approximate surface area is 159 Å². The predicted octanol–water partition coefficient (Wildman–Crippen LogP) is 3.81. The van der Waals surface area contributed by atoms with Gasteiger partial charge in [0.25, 0.3) is 0 Å². The minimum atomic E-state index is -0.944. The van der Waals surface area contributed by atoms with Crippen LogP contribution in [0.4, 0.5) is 9.93 Å². The van der Waals surface area contributed by atoms with Gasteiger partial charge in [0.2, 0.25) is 5.91 Å². The molecule has 0 saturated carbocycles. The van der Waals surface area contributed by atoms with Crippen LogP contribution in [-0.2, 0) is 9.53 Å². The zero-order valence-corrected chi connectivity index (χ0v) is 17.4. The van der Waals surface area contributed by atoms with E-state index in [9.17, 15) is 14.7 Å². The third-order valence-electron chi connectivity index (χ3n) is 3.44. The lowest BCUT2D eigenvalue weighted by Crippen LogP contribution is -2.39. The maximum absolute atomic E-state index is 12.4. The fourth-order valence-corrected chi connectivity index (χ4v) is 2.74. The molecule has 0 bridgehead atoms. The largest absolute Gasteiger partial charge is 0.444 e. The van der Waals surface area contributed by atoms with Gasteiger partial charge in [-0.1, -0.05) is 27.2 Å². The van der Waals surface area contributed by atoms with E-state index in [1.165, 1.54) is 16.2 Å². The van der Waals surface area contributed by atoms with Crippen LogP contribution in [-0.4, -0.2) is 45.7 Å². The van der Waals surface area contributed by atoms with Gasteiger partial charge in [0, 0.05) is 17.8 Å². The predicted molar refractivity (Wildman–Crippen MR) is 103 cm³/mol. The van der Waals surface area contributed by atoms with Crippen molar-refractivity contribution in [3.8, 4) is 0 Å². The molecule has 0 aliphatic heterocycles. The number of thiazole rings is 1. The molecule has 1 unspecified atom stereocenters. The zero-order valence-electron chi connectivity index (χ0n) is 16.5. The Hall–Kier alpha value is -1.67. The number of anilines is 1. The Morgan fingerprint density at radius 3 is 2.58 bits per heavy atom. The van der Waals surface area contributed by atoms with Crippen molar-refractivity contribution in [3.05, 3.63) is 11.1 Å². The summed E-state index contributed by atoms with van der Waals surface area (Å²) in [5, 5.41) is 15.3. The molecule has 0 radical (unpaired) electrons. The molecule has 1 aromatic rings. The average molecular weight is 386 g/mol. The van der Waals surface area contributed by atoms with Gasteiger partial charge in [-0.25, -0.2) is 9.78 Å². The second-order valence-electron chi connectivity index (χ2n) is 7.52. The number of aromatic nitrogens is 1. The molecule has 0 aliphatic rings. The van der Waals surface area contributed by atoms with E-state index in [0.29, 0.717) is 17.4 Å².